The van der Waals surface area contributed by atoms with E-state index in [9.17, 15) is 17.6 Å². The van der Waals surface area contributed by atoms with E-state index in [1.807, 2.05) is 0 Å². The maximum atomic E-state index is 13.9. The van der Waals surface area contributed by atoms with E-state index in [4.69, 9.17) is 11.6 Å². The number of rotatable bonds is 4. The van der Waals surface area contributed by atoms with E-state index < -0.39 is 21.7 Å². The number of nitrogens with one attached hydrogen (secondary N) is 1. The maximum Gasteiger partial charge on any atom is 0.255 e. The molecule has 0 aliphatic carbocycles. The van der Waals surface area contributed by atoms with Crippen molar-refractivity contribution in [3.63, 3.8) is 0 Å². The molecule has 0 unspecified atom stereocenters. The fraction of sp³-hybridized carbons (Fsp3) is 0.278. The number of halogens is 3. The van der Waals surface area contributed by atoms with Crippen molar-refractivity contribution in [3.05, 3.63) is 57.3 Å². The number of carbonyl (C=O) groups excluding carboxylic acids is 1. The molecule has 1 N–H and O–H groups in total. The summed E-state index contributed by atoms with van der Waals surface area (Å²) in [7, 11) is -3.79. The van der Waals surface area contributed by atoms with Crippen molar-refractivity contribution >= 4 is 49.1 Å². The zero-order valence-corrected chi connectivity index (χ0v) is 17.4. The summed E-state index contributed by atoms with van der Waals surface area (Å²) in [6.07, 6.45) is 2.57. The average molecular weight is 476 g/mol. The van der Waals surface area contributed by atoms with Gasteiger partial charge in [-0.1, -0.05) is 34.0 Å². The molecule has 2 aromatic rings. The summed E-state index contributed by atoms with van der Waals surface area (Å²) in [5.41, 5.74) is 0.0795. The van der Waals surface area contributed by atoms with Crippen LogP contribution in [0.1, 0.15) is 29.6 Å². The van der Waals surface area contributed by atoms with Crippen LogP contribution < -0.4 is 5.32 Å². The highest BCUT2D eigenvalue weighted by Gasteiger charge is 2.28. The Bertz CT molecular complexity index is 979. The van der Waals surface area contributed by atoms with E-state index >= 15 is 0 Å². The fourth-order valence-corrected chi connectivity index (χ4v) is 5.22. The lowest BCUT2D eigenvalue weighted by Crippen LogP contribution is -2.35. The number of piperidine rings is 1. The lowest BCUT2D eigenvalue weighted by molar-refractivity contribution is 0.102. The second-order valence-electron chi connectivity index (χ2n) is 6.19. The quantitative estimate of drug-likeness (QED) is 0.699. The minimum absolute atomic E-state index is 0.00131. The van der Waals surface area contributed by atoms with Gasteiger partial charge in [0.05, 0.1) is 10.7 Å². The summed E-state index contributed by atoms with van der Waals surface area (Å²) in [5.74, 6) is -1.23. The van der Waals surface area contributed by atoms with Crippen molar-refractivity contribution in [3.8, 4) is 0 Å². The van der Waals surface area contributed by atoms with Gasteiger partial charge in [0.25, 0.3) is 5.91 Å². The topological polar surface area (TPSA) is 66.5 Å². The molecule has 1 aliphatic heterocycles. The third kappa shape index (κ3) is 4.51. The predicted molar refractivity (Wildman–Crippen MR) is 106 cm³/mol. The van der Waals surface area contributed by atoms with Crippen LogP contribution in [-0.4, -0.2) is 31.7 Å². The Morgan fingerprint density at radius 3 is 2.48 bits per heavy atom. The lowest BCUT2D eigenvalue weighted by Gasteiger charge is -2.26. The number of carbonyl (C=O) groups is 1. The zero-order chi connectivity index (χ0) is 19.6. The molecule has 144 valence electrons. The molecule has 0 spiro atoms. The summed E-state index contributed by atoms with van der Waals surface area (Å²) in [6.45, 7) is 0.860. The van der Waals surface area contributed by atoms with Crippen LogP contribution in [0, 0.1) is 5.82 Å². The van der Waals surface area contributed by atoms with Gasteiger partial charge in [0, 0.05) is 23.1 Å². The zero-order valence-electron chi connectivity index (χ0n) is 14.2. The van der Waals surface area contributed by atoms with E-state index in [2.05, 4.69) is 21.2 Å². The van der Waals surface area contributed by atoms with Crippen molar-refractivity contribution < 1.29 is 17.6 Å². The molecule has 0 bridgehead atoms. The van der Waals surface area contributed by atoms with Crippen LogP contribution in [0.3, 0.4) is 0 Å². The smallest absolute Gasteiger partial charge is 0.255 e. The molecule has 5 nitrogen and oxygen atoms in total. The van der Waals surface area contributed by atoms with Crippen LogP contribution in [0.5, 0.6) is 0 Å². The normalized spacial score (nSPS) is 15.5. The molecule has 3 rings (SSSR count). The molecular formula is C18H17BrClFN2O3S. The molecule has 27 heavy (non-hydrogen) atoms. The Kier molecular flexibility index (Phi) is 6.20. The average Bonchev–Trinajstić information content (AvgIpc) is 2.65. The highest BCUT2D eigenvalue weighted by Crippen LogP contribution is 2.28. The van der Waals surface area contributed by atoms with Crippen molar-refractivity contribution in [1.82, 2.24) is 4.31 Å². The molecular weight excluding hydrogens is 459 g/mol. The van der Waals surface area contributed by atoms with Gasteiger partial charge >= 0.3 is 0 Å². The third-order valence-electron chi connectivity index (χ3n) is 4.31. The van der Waals surface area contributed by atoms with Gasteiger partial charge in [-0.05, 0) is 49.2 Å². The molecule has 0 saturated carbocycles. The van der Waals surface area contributed by atoms with Gasteiger partial charge in [-0.3, -0.25) is 4.79 Å². The van der Waals surface area contributed by atoms with Crippen molar-refractivity contribution in [2.75, 3.05) is 18.4 Å². The number of hydrogen-bond donors (Lipinski definition) is 1. The standard InChI is InChI=1S/C18H17BrClFN2O3S/c19-13-5-7-16(15(21)11-13)22-18(24)12-4-6-14(20)17(10-12)27(25,26)23-8-2-1-3-9-23/h4-7,10-11H,1-3,8-9H2,(H,22,24). The number of sulfonamides is 1. The highest BCUT2D eigenvalue weighted by molar-refractivity contribution is 9.10. The van der Waals surface area contributed by atoms with Crippen molar-refractivity contribution in [2.24, 2.45) is 0 Å². The molecule has 0 radical (unpaired) electrons. The summed E-state index contributed by atoms with van der Waals surface area (Å²) in [4.78, 5) is 12.4. The molecule has 0 aromatic heterocycles. The summed E-state index contributed by atoms with van der Waals surface area (Å²) in [6, 6.07) is 8.24. The Morgan fingerprint density at radius 2 is 1.81 bits per heavy atom. The third-order valence-corrected chi connectivity index (χ3v) is 7.18. The summed E-state index contributed by atoms with van der Waals surface area (Å²) < 4.78 is 41.6. The number of amides is 1. The number of hydrogen-bond acceptors (Lipinski definition) is 3. The van der Waals surface area contributed by atoms with Crippen molar-refractivity contribution in [1.29, 1.82) is 0 Å². The molecule has 1 fully saturated rings. The first kappa shape index (κ1) is 20.3. The van der Waals surface area contributed by atoms with Gasteiger partial charge in [0.1, 0.15) is 10.7 Å². The summed E-state index contributed by atoms with van der Waals surface area (Å²) in [5, 5.41) is 2.49. The van der Waals surface area contributed by atoms with E-state index in [0.717, 1.165) is 19.3 Å². The van der Waals surface area contributed by atoms with Gasteiger partial charge in [0.2, 0.25) is 10.0 Å². The molecule has 9 heteroatoms. The van der Waals surface area contributed by atoms with E-state index in [1.54, 1.807) is 6.07 Å². The second kappa shape index (κ2) is 8.26. The minimum atomic E-state index is -3.79. The molecule has 2 aromatic carbocycles. The Hall–Kier alpha value is -1.48. The largest absolute Gasteiger partial charge is 0.319 e. The molecule has 1 saturated heterocycles. The van der Waals surface area contributed by atoms with Crippen LogP contribution in [-0.2, 0) is 10.0 Å². The van der Waals surface area contributed by atoms with Crippen LogP contribution in [0.4, 0.5) is 10.1 Å². The van der Waals surface area contributed by atoms with Crippen LogP contribution in [0.15, 0.2) is 45.8 Å². The predicted octanol–water partition coefficient (Wildman–Crippen LogP) is 4.67. The number of nitrogens with zero attached hydrogens (tertiary/aromatic N) is 1. The second-order valence-corrected chi connectivity index (χ2v) is 9.42. The molecule has 0 atom stereocenters. The van der Waals surface area contributed by atoms with Gasteiger partial charge in [-0.15, -0.1) is 0 Å². The van der Waals surface area contributed by atoms with Gasteiger partial charge in [0.15, 0.2) is 0 Å². The van der Waals surface area contributed by atoms with E-state index in [-0.39, 0.29) is 21.2 Å². The monoisotopic (exact) mass is 474 g/mol. The maximum absolute atomic E-state index is 13.9. The Labute approximate surface area is 170 Å². The summed E-state index contributed by atoms with van der Waals surface area (Å²) >= 11 is 9.25. The molecule has 1 aliphatic rings. The van der Waals surface area contributed by atoms with Gasteiger partial charge in [-0.25, -0.2) is 12.8 Å². The first-order valence-electron chi connectivity index (χ1n) is 8.35. The first-order valence-corrected chi connectivity index (χ1v) is 11.0. The van der Waals surface area contributed by atoms with Gasteiger partial charge in [-0.2, -0.15) is 4.31 Å². The number of anilines is 1. The lowest BCUT2D eigenvalue weighted by atomic mass is 10.2. The van der Waals surface area contributed by atoms with Gasteiger partial charge < -0.3 is 5.32 Å². The van der Waals surface area contributed by atoms with Crippen LogP contribution >= 0.6 is 27.5 Å². The number of benzene rings is 2. The van der Waals surface area contributed by atoms with E-state index in [0.29, 0.717) is 17.6 Å². The first-order chi connectivity index (χ1) is 12.8. The van der Waals surface area contributed by atoms with Crippen LogP contribution in [0.2, 0.25) is 5.02 Å². The molecule has 1 heterocycles. The fourth-order valence-electron chi connectivity index (χ4n) is 2.87. The Balaban J connectivity index is 1.89. The van der Waals surface area contributed by atoms with Crippen LogP contribution in [0.25, 0.3) is 0 Å². The highest BCUT2D eigenvalue weighted by atomic mass is 79.9. The SMILES string of the molecule is O=C(Nc1ccc(Br)cc1F)c1ccc(Cl)c(S(=O)(=O)N2CCCCC2)c1. The molecule has 1 amide bonds. The van der Waals surface area contributed by atoms with E-state index in [1.165, 1.54) is 34.6 Å². The minimum Gasteiger partial charge on any atom is -0.319 e. The Morgan fingerprint density at radius 1 is 1.11 bits per heavy atom. The van der Waals surface area contributed by atoms with Crippen molar-refractivity contribution in [2.45, 2.75) is 24.2 Å².